The number of para-hydroxylation sites is 2. The van der Waals surface area contributed by atoms with Crippen LogP contribution in [0.5, 0.6) is 0 Å². The maximum atomic E-state index is 3.64. The van der Waals surface area contributed by atoms with Gasteiger partial charge in [0.05, 0.1) is 17.4 Å². The fraction of sp³-hybridized carbons (Fsp3) is 0.250. The van der Waals surface area contributed by atoms with Crippen LogP contribution < -0.4 is 10.6 Å². The maximum absolute atomic E-state index is 3.64. The van der Waals surface area contributed by atoms with Gasteiger partial charge in [-0.05, 0) is 31.0 Å². The summed E-state index contributed by atoms with van der Waals surface area (Å²) < 4.78 is 0. The minimum atomic E-state index is 0.373. The van der Waals surface area contributed by atoms with E-state index in [2.05, 4.69) is 72.2 Å². The first-order valence-electron chi connectivity index (χ1n) is 6.50. The third-order valence-corrected chi connectivity index (χ3v) is 3.45. The summed E-state index contributed by atoms with van der Waals surface area (Å²) in [6.07, 6.45) is 1.08. The van der Waals surface area contributed by atoms with Gasteiger partial charge in [-0.15, -0.1) is 0 Å². The standard InChI is InChI=1S/C16H18N2/c1-12-11-16(13-7-3-2-4-8-13)18-15-10-6-5-9-14(15)17-12/h2-10,12,16-18H,11H2,1H3. The molecule has 18 heavy (non-hydrogen) atoms. The Kier molecular flexibility index (Phi) is 2.93. The Labute approximate surface area is 108 Å². The summed E-state index contributed by atoms with van der Waals surface area (Å²) in [6, 6.07) is 19.9. The van der Waals surface area contributed by atoms with E-state index < -0.39 is 0 Å². The normalized spacial score (nSPS) is 22.3. The second kappa shape index (κ2) is 4.73. The first kappa shape index (κ1) is 11.1. The first-order valence-corrected chi connectivity index (χ1v) is 6.50. The predicted molar refractivity (Wildman–Crippen MR) is 76.9 cm³/mol. The molecule has 2 N–H and O–H groups in total. The molecule has 2 nitrogen and oxygen atoms in total. The van der Waals surface area contributed by atoms with E-state index in [1.165, 1.54) is 16.9 Å². The van der Waals surface area contributed by atoms with Gasteiger partial charge in [-0.3, -0.25) is 0 Å². The Morgan fingerprint density at radius 2 is 1.44 bits per heavy atom. The van der Waals surface area contributed by atoms with Crippen LogP contribution in [0.4, 0.5) is 11.4 Å². The summed E-state index contributed by atoms with van der Waals surface area (Å²) in [5, 5.41) is 7.20. The Morgan fingerprint density at radius 1 is 0.833 bits per heavy atom. The van der Waals surface area contributed by atoms with Crippen molar-refractivity contribution >= 4 is 11.4 Å². The highest BCUT2D eigenvalue weighted by Crippen LogP contribution is 2.33. The van der Waals surface area contributed by atoms with E-state index in [4.69, 9.17) is 0 Å². The van der Waals surface area contributed by atoms with Crippen molar-refractivity contribution < 1.29 is 0 Å². The molecule has 2 atom stereocenters. The van der Waals surface area contributed by atoms with Crippen molar-refractivity contribution in [1.82, 2.24) is 0 Å². The van der Waals surface area contributed by atoms with Gasteiger partial charge in [0.1, 0.15) is 0 Å². The van der Waals surface area contributed by atoms with Crippen LogP contribution in [0.1, 0.15) is 24.9 Å². The van der Waals surface area contributed by atoms with Gasteiger partial charge in [0.2, 0.25) is 0 Å². The van der Waals surface area contributed by atoms with Crippen LogP contribution in [0.2, 0.25) is 0 Å². The van der Waals surface area contributed by atoms with Crippen LogP contribution in [0, 0.1) is 0 Å². The lowest BCUT2D eigenvalue weighted by molar-refractivity contribution is 0.633. The van der Waals surface area contributed by atoms with Gasteiger partial charge in [0.25, 0.3) is 0 Å². The zero-order valence-electron chi connectivity index (χ0n) is 10.6. The molecule has 2 heteroatoms. The summed E-state index contributed by atoms with van der Waals surface area (Å²) in [5.74, 6) is 0. The summed E-state index contributed by atoms with van der Waals surface area (Å²) in [7, 11) is 0. The third kappa shape index (κ3) is 2.19. The van der Waals surface area contributed by atoms with Crippen molar-refractivity contribution in [3.05, 3.63) is 60.2 Å². The van der Waals surface area contributed by atoms with Gasteiger partial charge in [0.15, 0.2) is 0 Å². The molecule has 0 saturated carbocycles. The van der Waals surface area contributed by atoms with Crippen molar-refractivity contribution in [1.29, 1.82) is 0 Å². The highest BCUT2D eigenvalue weighted by molar-refractivity contribution is 5.70. The third-order valence-electron chi connectivity index (χ3n) is 3.45. The number of hydrogen-bond donors (Lipinski definition) is 2. The quantitative estimate of drug-likeness (QED) is 0.783. The predicted octanol–water partition coefficient (Wildman–Crippen LogP) is 4.04. The lowest BCUT2D eigenvalue weighted by Gasteiger charge is -2.19. The molecule has 0 spiro atoms. The minimum Gasteiger partial charge on any atom is -0.381 e. The fourth-order valence-electron chi connectivity index (χ4n) is 2.56. The molecule has 1 aliphatic rings. The molecule has 1 aliphatic heterocycles. The largest absolute Gasteiger partial charge is 0.381 e. The van der Waals surface area contributed by atoms with Crippen LogP contribution in [-0.4, -0.2) is 6.04 Å². The number of nitrogens with one attached hydrogen (secondary N) is 2. The van der Waals surface area contributed by atoms with Crippen LogP contribution in [0.25, 0.3) is 0 Å². The fourth-order valence-corrected chi connectivity index (χ4v) is 2.56. The van der Waals surface area contributed by atoms with Gasteiger partial charge in [0, 0.05) is 6.04 Å². The number of rotatable bonds is 1. The highest BCUT2D eigenvalue weighted by atomic mass is 15.0. The van der Waals surface area contributed by atoms with Crippen LogP contribution in [0.3, 0.4) is 0 Å². The Balaban J connectivity index is 1.95. The van der Waals surface area contributed by atoms with Gasteiger partial charge < -0.3 is 10.6 Å². The van der Waals surface area contributed by atoms with Crippen LogP contribution in [-0.2, 0) is 0 Å². The maximum Gasteiger partial charge on any atom is 0.0580 e. The van der Waals surface area contributed by atoms with E-state index in [-0.39, 0.29) is 0 Å². The summed E-state index contributed by atoms with van der Waals surface area (Å²) in [6.45, 7) is 2.24. The smallest absolute Gasteiger partial charge is 0.0580 e. The first-order chi connectivity index (χ1) is 8.83. The van der Waals surface area contributed by atoms with E-state index in [0.717, 1.165) is 6.42 Å². The summed E-state index contributed by atoms with van der Waals surface area (Å²) >= 11 is 0. The highest BCUT2D eigenvalue weighted by Gasteiger charge is 2.20. The van der Waals surface area contributed by atoms with Crippen molar-refractivity contribution in [2.45, 2.75) is 25.4 Å². The molecule has 0 amide bonds. The average Bonchev–Trinajstić information content (AvgIpc) is 2.57. The average molecular weight is 238 g/mol. The van der Waals surface area contributed by atoms with Crippen molar-refractivity contribution in [3.63, 3.8) is 0 Å². The van der Waals surface area contributed by atoms with Crippen molar-refractivity contribution in [2.75, 3.05) is 10.6 Å². The van der Waals surface area contributed by atoms with Gasteiger partial charge in [-0.1, -0.05) is 42.5 Å². The summed E-state index contributed by atoms with van der Waals surface area (Å²) in [4.78, 5) is 0. The molecule has 2 aromatic rings. The number of fused-ring (bicyclic) bond motifs is 1. The Hall–Kier alpha value is -1.96. The molecule has 0 saturated heterocycles. The molecule has 92 valence electrons. The molecule has 0 bridgehead atoms. The second-order valence-electron chi connectivity index (χ2n) is 4.93. The van der Waals surface area contributed by atoms with Crippen molar-refractivity contribution in [2.24, 2.45) is 0 Å². The molecule has 0 fully saturated rings. The summed E-state index contributed by atoms with van der Waals surface area (Å²) in [5.41, 5.74) is 3.74. The van der Waals surface area contributed by atoms with Gasteiger partial charge in [-0.2, -0.15) is 0 Å². The van der Waals surface area contributed by atoms with Gasteiger partial charge in [-0.25, -0.2) is 0 Å². The van der Waals surface area contributed by atoms with E-state index in [0.29, 0.717) is 12.1 Å². The second-order valence-corrected chi connectivity index (χ2v) is 4.93. The molecule has 0 aromatic heterocycles. The molecule has 2 unspecified atom stereocenters. The van der Waals surface area contributed by atoms with E-state index in [1.807, 2.05) is 0 Å². The van der Waals surface area contributed by atoms with E-state index >= 15 is 0 Å². The van der Waals surface area contributed by atoms with Crippen LogP contribution in [0.15, 0.2) is 54.6 Å². The van der Waals surface area contributed by atoms with Gasteiger partial charge >= 0.3 is 0 Å². The molecule has 0 radical (unpaired) electrons. The molecular formula is C16H18N2. The lowest BCUT2D eigenvalue weighted by atomic mass is 10.0. The number of hydrogen-bond acceptors (Lipinski definition) is 2. The monoisotopic (exact) mass is 238 g/mol. The molecule has 1 heterocycles. The van der Waals surface area contributed by atoms with Crippen molar-refractivity contribution in [3.8, 4) is 0 Å². The SMILES string of the molecule is CC1CC(c2ccccc2)Nc2ccccc2N1. The number of benzene rings is 2. The molecule has 2 aromatic carbocycles. The van der Waals surface area contributed by atoms with E-state index in [1.54, 1.807) is 0 Å². The Morgan fingerprint density at radius 3 is 2.17 bits per heavy atom. The number of anilines is 2. The van der Waals surface area contributed by atoms with Crippen LogP contribution >= 0.6 is 0 Å². The lowest BCUT2D eigenvalue weighted by Crippen LogP contribution is -2.18. The Bertz CT molecular complexity index is 522. The molecule has 0 aliphatic carbocycles. The molecular weight excluding hydrogens is 220 g/mol. The molecule has 3 rings (SSSR count). The zero-order valence-corrected chi connectivity index (χ0v) is 10.6. The topological polar surface area (TPSA) is 24.1 Å². The minimum absolute atomic E-state index is 0.373. The zero-order chi connectivity index (χ0) is 12.4. The van der Waals surface area contributed by atoms with E-state index in [9.17, 15) is 0 Å².